The SMILES string of the molecule is CC(C)(C)OC(=O)N[C@@H]1CC[C@@H](C2=CCC(C)(S(=O)(=O)n3ccc4ccccc43)C=C2)C1. The monoisotopic (exact) mass is 456 g/mol. The molecule has 2 aliphatic rings. The number of carbonyl (C=O) groups excluding carboxylic acids is 1. The Balaban J connectivity index is 1.44. The molecular formula is C25H32N2O4S. The fourth-order valence-electron chi connectivity index (χ4n) is 4.60. The third-order valence-corrected chi connectivity index (χ3v) is 8.73. The fourth-order valence-corrected chi connectivity index (χ4v) is 6.23. The molecule has 1 unspecified atom stereocenters. The maximum Gasteiger partial charge on any atom is 0.407 e. The van der Waals surface area contributed by atoms with E-state index in [-0.39, 0.29) is 12.1 Å². The van der Waals surface area contributed by atoms with Gasteiger partial charge in [0.25, 0.3) is 0 Å². The van der Waals surface area contributed by atoms with Crippen LogP contribution in [0, 0.1) is 5.92 Å². The summed E-state index contributed by atoms with van der Waals surface area (Å²) in [6.45, 7) is 7.33. The Morgan fingerprint density at radius 2 is 1.94 bits per heavy atom. The highest BCUT2D eigenvalue weighted by Crippen LogP contribution is 2.38. The number of rotatable bonds is 4. The van der Waals surface area contributed by atoms with Crippen molar-refractivity contribution in [3.05, 3.63) is 60.3 Å². The van der Waals surface area contributed by atoms with Crippen LogP contribution < -0.4 is 5.32 Å². The molecule has 0 saturated heterocycles. The Labute approximate surface area is 190 Å². The highest BCUT2D eigenvalue weighted by molar-refractivity contribution is 7.91. The second-order valence-electron chi connectivity index (χ2n) is 10.1. The molecule has 1 saturated carbocycles. The van der Waals surface area contributed by atoms with E-state index in [0.29, 0.717) is 17.9 Å². The van der Waals surface area contributed by atoms with Crippen molar-refractivity contribution in [1.29, 1.82) is 0 Å². The predicted molar refractivity (Wildman–Crippen MR) is 127 cm³/mol. The van der Waals surface area contributed by atoms with Crippen LogP contribution in [0.5, 0.6) is 0 Å². The number of amides is 1. The van der Waals surface area contributed by atoms with Crippen molar-refractivity contribution in [2.45, 2.75) is 69.8 Å². The summed E-state index contributed by atoms with van der Waals surface area (Å²) >= 11 is 0. The van der Waals surface area contributed by atoms with E-state index in [1.807, 2.05) is 63.3 Å². The van der Waals surface area contributed by atoms with Crippen LogP contribution in [0.2, 0.25) is 0 Å². The van der Waals surface area contributed by atoms with Crippen LogP contribution in [0.1, 0.15) is 53.4 Å². The summed E-state index contributed by atoms with van der Waals surface area (Å²) in [5.74, 6) is 0.311. The van der Waals surface area contributed by atoms with Crippen molar-refractivity contribution in [3.63, 3.8) is 0 Å². The van der Waals surface area contributed by atoms with E-state index in [0.717, 1.165) is 30.2 Å². The molecular weight excluding hydrogens is 424 g/mol. The normalized spacial score (nSPS) is 26.2. The lowest BCUT2D eigenvalue weighted by Gasteiger charge is -2.30. The summed E-state index contributed by atoms with van der Waals surface area (Å²) in [5, 5.41) is 3.88. The van der Waals surface area contributed by atoms with Crippen molar-refractivity contribution >= 4 is 27.0 Å². The first-order chi connectivity index (χ1) is 15.0. The number of carbonyl (C=O) groups is 1. The van der Waals surface area contributed by atoms with Gasteiger partial charge in [-0.1, -0.05) is 36.4 Å². The van der Waals surface area contributed by atoms with Crippen molar-refractivity contribution in [1.82, 2.24) is 9.29 Å². The van der Waals surface area contributed by atoms with Gasteiger partial charge in [0.05, 0.1) is 5.52 Å². The van der Waals surface area contributed by atoms with Crippen LogP contribution in [-0.4, -0.2) is 34.9 Å². The predicted octanol–water partition coefficient (Wildman–Crippen LogP) is 5.16. The zero-order valence-electron chi connectivity index (χ0n) is 19.2. The van der Waals surface area contributed by atoms with Crippen LogP contribution in [-0.2, 0) is 14.8 Å². The number of nitrogens with one attached hydrogen (secondary N) is 1. The Morgan fingerprint density at radius 3 is 2.62 bits per heavy atom. The van der Waals surface area contributed by atoms with E-state index < -0.39 is 20.4 Å². The summed E-state index contributed by atoms with van der Waals surface area (Å²) < 4.78 is 32.8. The highest BCUT2D eigenvalue weighted by atomic mass is 32.2. The molecule has 1 heterocycles. The van der Waals surface area contributed by atoms with Crippen LogP contribution in [0.25, 0.3) is 10.9 Å². The van der Waals surface area contributed by atoms with Crippen LogP contribution >= 0.6 is 0 Å². The van der Waals surface area contributed by atoms with Crippen molar-refractivity contribution in [2.24, 2.45) is 5.92 Å². The number of alkyl carbamates (subject to hydrolysis) is 1. The highest BCUT2D eigenvalue weighted by Gasteiger charge is 2.40. The third-order valence-electron chi connectivity index (χ3n) is 6.41. The summed E-state index contributed by atoms with van der Waals surface area (Å²) in [6.07, 6.45) is 10.2. The molecule has 1 aromatic heterocycles. The van der Waals surface area contributed by atoms with Gasteiger partial charge < -0.3 is 10.1 Å². The second kappa shape index (κ2) is 8.10. The number of benzene rings is 1. The Hall–Kier alpha value is -2.54. The van der Waals surface area contributed by atoms with Gasteiger partial charge in [0.2, 0.25) is 10.0 Å². The van der Waals surface area contributed by atoms with E-state index in [1.165, 1.54) is 3.97 Å². The van der Waals surface area contributed by atoms with E-state index in [9.17, 15) is 13.2 Å². The molecule has 172 valence electrons. The third kappa shape index (κ3) is 4.35. The van der Waals surface area contributed by atoms with Gasteiger partial charge in [-0.25, -0.2) is 17.2 Å². The molecule has 1 N–H and O–H groups in total. The average Bonchev–Trinajstić information content (AvgIpc) is 3.34. The molecule has 0 aliphatic heterocycles. The Kier molecular flexibility index (Phi) is 5.74. The number of aromatic nitrogens is 1. The maximum absolute atomic E-state index is 13.5. The lowest BCUT2D eigenvalue weighted by Crippen LogP contribution is -2.38. The lowest BCUT2D eigenvalue weighted by atomic mass is 9.89. The number of allylic oxidation sites excluding steroid dienone is 3. The maximum atomic E-state index is 13.5. The van der Waals surface area contributed by atoms with Gasteiger partial charge >= 0.3 is 6.09 Å². The van der Waals surface area contributed by atoms with E-state index in [4.69, 9.17) is 4.74 Å². The Morgan fingerprint density at radius 1 is 1.19 bits per heavy atom. The molecule has 0 spiro atoms. The van der Waals surface area contributed by atoms with Gasteiger partial charge in [-0.05, 0) is 77.0 Å². The second-order valence-corrected chi connectivity index (χ2v) is 12.4. The molecule has 1 amide bonds. The van der Waals surface area contributed by atoms with Crippen LogP contribution in [0.15, 0.2) is 60.3 Å². The number of ether oxygens (including phenoxy) is 1. The van der Waals surface area contributed by atoms with Crippen LogP contribution in [0.3, 0.4) is 0 Å². The molecule has 2 aliphatic carbocycles. The standard InChI is InChI=1S/C25H32N2O4S/c1-24(2,3)31-23(28)26-21-10-9-20(17-21)18-11-14-25(4,15-12-18)32(29,30)27-16-13-19-7-5-6-8-22(19)27/h5-8,11-14,16,20-21H,9-10,15,17H2,1-4H3,(H,26,28)/t20-,21-,25?/m1/s1. The number of fused-ring (bicyclic) bond motifs is 1. The molecule has 0 bridgehead atoms. The summed E-state index contributed by atoms with van der Waals surface area (Å²) in [4.78, 5) is 12.1. The fraction of sp³-hybridized carbons (Fsp3) is 0.480. The summed E-state index contributed by atoms with van der Waals surface area (Å²) in [5.41, 5.74) is 1.34. The van der Waals surface area contributed by atoms with Crippen molar-refractivity contribution in [2.75, 3.05) is 0 Å². The molecule has 1 fully saturated rings. The summed E-state index contributed by atoms with van der Waals surface area (Å²) in [6, 6.07) is 9.42. The smallest absolute Gasteiger partial charge is 0.407 e. The van der Waals surface area contributed by atoms with Crippen molar-refractivity contribution < 1.29 is 17.9 Å². The zero-order chi connectivity index (χ0) is 23.1. The molecule has 6 nitrogen and oxygen atoms in total. The van der Waals surface area contributed by atoms with E-state index in [2.05, 4.69) is 11.4 Å². The first-order valence-electron chi connectivity index (χ1n) is 11.2. The number of hydrogen-bond donors (Lipinski definition) is 1. The first kappa shape index (κ1) is 22.6. The molecule has 0 radical (unpaired) electrons. The molecule has 32 heavy (non-hydrogen) atoms. The average molecular weight is 457 g/mol. The number of para-hydroxylation sites is 1. The van der Waals surface area contributed by atoms with Gasteiger partial charge in [-0.15, -0.1) is 0 Å². The van der Waals surface area contributed by atoms with Gasteiger partial charge in [0, 0.05) is 17.6 Å². The van der Waals surface area contributed by atoms with E-state index >= 15 is 0 Å². The lowest BCUT2D eigenvalue weighted by molar-refractivity contribution is 0.0505. The molecule has 7 heteroatoms. The quantitative estimate of drug-likeness (QED) is 0.690. The van der Waals surface area contributed by atoms with Gasteiger partial charge in [-0.3, -0.25) is 0 Å². The summed E-state index contributed by atoms with van der Waals surface area (Å²) in [7, 11) is -3.62. The molecule has 3 atom stereocenters. The Bertz CT molecular complexity index is 1190. The number of hydrogen-bond acceptors (Lipinski definition) is 4. The zero-order valence-corrected chi connectivity index (χ0v) is 20.0. The van der Waals surface area contributed by atoms with E-state index in [1.54, 1.807) is 13.1 Å². The van der Waals surface area contributed by atoms with Gasteiger partial charge in [0.1, 0.15) is 10.3 Å². The van der Waals surface area contributed by atoms with Gasteiger partial charge in [0.15, 0.2) is 0 Å². The molecule has 2 aromatic rings. The first-order valence-corrected chi connectivity index (χ1v) is 12.6. The van der Waals surface area contributed by atoms with Crippen LogP contribution in [0.4, 0.5) is 4.79 Å². The minimum atomic E-state index is -3.62. The number of nitrogens with zero attached hydrogens (tertiary/aromatic N) is 1. The largest absolute Gasteiger partial charge is 0.444 e. The minimum Gasteiger partial charge on any atom is -0.444 e. The minimum absolute atomic E-state index is 0.0763. The van der Waals surface area contributed by atoms with Gasteiger partial charge in [-0.2, -0.15) is 0 Å². The molecule has 1 aromatic carbocycles. The van der Waals surface area contributed by atoms with Crippen molar-refractivity contribution in [3.8, 4) is 0 Å². The molecule has 4 rings (SSSR count). The topological polar surface area (TPSA) is 77.4 Å².